The first kappa shape index (κ1) is 14.1. The molecule has 0 bridgehead atoms. The molecule has 102 valence electrons. The molecular formula is C15H19NO2S. The van der Waals surface area contributed by atoms with Crippen LogP contribution in [0.2, 0.25) is 0 Å². The second-order valence-corrected chi connectivity index (χ2v) is 5.31. The van der Waals surface area contributed by atoms with Gasteiger partial charge in [-0.2, -0.15) is 0 Å². The number of hydrogen-bond acceptors (Lipinski definition) is 4. The summed E-state index contributed by atoms with van der Waals surface area (Å²) < 4.78 is 5.51. The molecule has 3 nitrogen and oxygen atoms in total. The monoisotopic (exact) mass is 277 g/mol. The Kier molecular flexibility index (Phi) is 5.39. The lowest BCUT2D eigenvalue weighted by Gasteiger charge is -2.11. The van der Waals surface area contributed by atoms with Gasteiger partial charge >= 0.3 is 0 Å². The zero-order chi connectivity index (χ0) is 13.5. The number of thiophene rings is 1. The normalized spacial score (nSPS) is 10.6. The van der Waals surface area contributed by atoms with Crippen molar-refractivity contribution < 1.29 is 9.84 Å². The van der Waals surface area contributed by atoms with Crippen LogP contribution in [0, 0.1) is 6.92 Å². The maximum absolute atomic E-state index is 8.81. The Morgan fingerprint density at radius 2 is 2.05 bits per heavy atom. The number of aryl methyl sites for hydroxylation is 1. The standard InChI is InChI=1S/C15H19NO2S/c1-12-6-9-19-15(12)11-16-10-13-4-2-3-5-14(13)18-8-7-17/h2-6,9,16-17H,7-8,10-11H2,1H3. The molecule has 1 heterocycles. The van der Waals surface area contributed by atoms with E-state index in [1.807, 2.05) is 24.3 Å². The van der Waals surface area contributed by atoms with E-state index < -0.39 is 0 Å². The highest BCUT2D eigenvalue weighted by atomic mass is 32.1. The molecule has 1 aromatic heterocycles. The van der Waals surface area contributed by atoms with Crippen molar-refractivity contribution in [2.24, 2.45) is 0 Å². The molecule has 2 rings (SSSR count). The van der Waals surface area contributed by atoms with Gasteiger partial charge in [-0.25, -0.2) is 0 Å². The lowest BCUT2D eigenvalue weighted by atomic mass is 10.2. The molecule has 0 unspecified atom stereocenters. The lowest BCUT2D eigenvalue weighted by Crippen LogP contribution is -2.14. The van der Waals surface area contributed by atoms with Crippen LogP contribution in [0.4, 0.5) is 0 Å². The quantitative estimate of drug-likeness (QED) is 0.817. The van der Waals surface area contributed by atoms with Crippen LogP contribution in [0.15, 0.2) is 35.7 Å². The first-order valence-corrected chi connectivity index (χ1v) is 7.24. The maximum atomic E-state index is 8.81. The first-order chi connectivity index (χ1) is 9.31. The molecule has 0 radical (unpaired) electrons. The number of aliphatic hydroxyl groups is 1. The Morgan fingerprint density at radius 3 is 2.79 bits per heavy atom. The van der Waals surface area contributed by atoms with Gasteiger partial charge in [-0.1, -0.05) is 18.2 Å². The SMILES string of the molecule is Cc1ccsc1CNCc1ccccc1OCCO. The largest absolute Gasteiger partial charge is 0.491 e. The molecule has 0 amide bonds. The van der Waals surface area contributed by atoms with Gasteiger partial charge in [-0.3, -0.25) is 0 Å². The molecule has 0 spiro atoms. The molecule has 0 aliphatic heterocycles. The van der Waals surface area contributed by atoms with Gasteiger partial charge in [0, 0.05) is 23.5 Å². The fourth-order valence-electron chi connectivity index (χ4n) is 1.84. The third-order valence-electron chi connectivity index (χ3n) is 2.89. The summed E-state index contributed by atoms with van der Waals surface area (Å²) in [7, 11) is 0. The number of para-hydroxylation sites is 1. The minimum Gasteiger partial charge on any atom is -0.491 e. The van der Waals surface area contributed by atoms with E-state index in [-0.39, 0.29) is 6.61 Å². The van der Waals surface area contributed by atoms with E-state index in [2.05, 4.69) is 23.7 Å². The van der Waals surface area contributed by atoms with Crippen molar-refractivity contribution in [1.29, 1.82) is 0 Å². The number of nitrogens with one attached hydrogen (secondary N) is 1. The number of benzene rings is 1. The van der Waals surface area contributed by atoms with Crippen LogP contribution in [-0.2, 0) is 13.1 Å². The van der Waals surface area contributed by atoms with E-state index in [0.717, 1.165) is 24.4 Å². The number of aliphatic hydroxyl groups excluding tert-OH is 1. The molecule has 0 aliphatic rings. The summed E-state index contributed by atoms with van der Waals surface area (Å²) in [5, 5.41) is 14.4. The summed E-state index contributed by atoms with van der Waals surface area (Å²) in [4.78, 5) is 1.37. The van der Waals surface area contributed by atoms with Gasteiger partial charge in [-0.05, 0) is 30.0 Å². The van der Waals surface area contributed by atoms with Crippen LogP contribution < -0.4 is 10.1 Å². The van der Waals surface area contributed by atoms with Gasteiger partial charge in [0.25, 0.3) is 0 Å². The highest BCUT2D eigenvalue weighted by molar-refractivity contribution is 7.10. The third kappa shape index (κ3) is 4.06. The maximum Gasteiger partial charge on any atom is 0.123 e. The predicted molar refractivity (Wildman–Crippen MR) is 78.6 cm³/mol. The smallest absolute Gasteiger partial charge is 0.123 e. The van der Waals surface area contributed by atoms with E-state index in [9.17, 15) is 0 Å². The van der Waals surface area contributed by atoms with Gasteiger partial charge in [0.2, 0.25) is 0 Å². The molecule has 4 heteroatoms. The van der Waals surface area contributed by atoms with Gasteiger partial charge < -0.3 is 15.2 Å². The van der Waals surface area contributed by atoms with E-state index in [1.165, 1.54) is 10.4 Å². The summed E-state index contributed by atoms with van der Waals surface area (Å²) in [6.45, 7) is 4.14. The Bertz CT molecular complexity index is 510. The molecule has 0 saturated heterocycles. The van der Waals surface area contributed by atoms with Crippen molar-refractivity contribution in [2.45, 2.75) is 20.0 Å². The minimum atomic E-state index is 0.0379. The molecule has 0 aliphatic carbocycles. The highest BCUT2D eigenvalue weighted by Gasteiger charge is 2.03. The summed E-state index contributed by atoms with van der Waals surface area (Å²) in [6, 6.07) is 10.1. The van der Waals surface area contributed by atoms with Gasteiger partial charge in [-0.15, -0.1) is 11.3 Å². The van der Waals surface area contributed by atoms with Crippen LogP contribution in [0.1, 0.15) is 16.0 Å². The van der Waals surface area contributed by atoms with Gasteiger partial charge in [0.15, 0.2) is 0 Å². The van der Waals surface area contributed by atoms with Gasteiger partial charge in [0.1, 0.15) is 12.4 Å². The Morgan fingerprint density at radius 1 is 1.21 bits per heavy atom. The summed E-state index contributed by atoms with van der Waals surface area (Å²) in [6.07, 6.45) is 0. The van der Waals surface area contributed by atoms with Crippen LogP contribution >= 0.6 is 11.3 Å². The van der Waals surface area contributed by atoms with Crippen molar-refractivity contribution in [3.63, 3.8) is 0 Å². The molecule has 19 heavy (non-hydrogen) atoms. The fraction of sp³-hybridized carbons (Fsp3) is 0.333. The van der Waals surface area contributed by atoms with Crippen LogP contribution in [-0.4, -0.2) is 18.3 Å². The second kappa shape index (κ2) is 7.28. The zero-order valence-electron chi connectivity index (χ0n) is 11.1. The average Bonchev–Trinajstić information content (AvgIpc) is 2.83. The van der Waals surface area contributed by atoms with Crippen molar-refractivity contribution in [3.05, 3.63) is 51.7 Å². The van der Waals surface area contributed by atoms with E-state index in [4.69, 9.17) is 9.84 Å². The average molecular weight is 277 g/mol. The number of rotatable bonds is 7. The Hall–Kier alpha value is -1.36. The molecule has 1 aromatic carbocycles. The zero-order valence-corrected chi connectivity index (χ0v) is 11.9. The van der Waals surface area contributed by atoms with Crippen molar-refractivity contribution in [1.82, 2.24) is 5.32 Å². The Labute approximate surface area is 117 Å². The fourth-order valence-corrected chi connectivity index (χ4v) is 2.72. The topological polar surface area (TPSA) is 41.5 Å². The predicted octanol–water partition coefficient (Wildman–Crippen LogP) is 2.72. The van der Waals surface area contributed by atoms with Crippen molar-refractivity contribution in [2.75, 3.05) is 13.2 Å². The summed E-state index contributed by atoms with van der Waals surface area (Å²) in [5.74, 6) is 0.840. The highest BCUT2D eigenvalue weighted by Crippen LogP contribution is 2.19. The Balaban J connectivity index is 1.90. The number of ether oxygens (including phenoxy) is 1. The van der Waals surface area contributed by atoms with E-state index >= 15 is 0 Å². The second-order valence-electron chi connectivity index (χ2n) is 4.31. The van der Waals surface area contributed by atoms with Crippen LogP contribution in [0.25, 0.3) is 0 Å². The van der Waals surface area contributed by atoms with Crippen molar-refractivity contribution in [3.8, 4) is 5.75 Å². The van der Waals surface area contributed by atoms with E-state index in [0.29, 0.717) is 6.61 Å². The van der Waals surface area contributed by atoms with Crippen LogP contribution in [0.3, 0.4) is 0 Å². The number of hydrogen-bond donors (Lipinski definition) is 2. The molecule has 0 fully saturated rings. The molecule has 0 atom stereocenters. The summed E-state index contributed by atoms with van der Waals surface area (Å²) in [5.41, 5.74) is 2.45. The summed E-state index contributed by atoms with van der Waals surface area (Å²) >= 11 is 1.78. The molecule has 2 N–H and O–H groups in total. The molecular weight excluding hydrogens is 258 g/mol. The molecule has 0 saturated carbocycles. The minimum absolute atomic E-state index is 0.0379. The lowest BCUT2D eigenvalue weighted by molar-refractivity contribution is 0.200. The first-order valence-electron chi connectivity index (χ1n) is 6.36. The molecule has 2 aromatic rings. The third-order valence-corrected chi connectivity index (χ3v) is 3.91. The van der Waals surface area contributed by atoms with E-state index in [1.54, 1.807) is 11.3 Å². The van der Waals surface area contributed by atoms with Crippen molar-refractivity contribution >= 4 is 11.3 Å². The van der Waals surface area contributed by atoms with Gasteiger partial charge in [0.05, 0.1) is 6.61 Å². The van der Waals surface area contributed by atoms with Crippen LogP contribution in [0.5, 0.6) is 5.75 Å².